The molecule has 0 amide bonds. The second-order valence-electron chi connectivity index (χ2n) is 7.96. The van der Waals surface area contributed by atoms with Crippen LogP contribution in [-0.2, 0) is 11.2 Å². The van der Waals surface area contributed by atoms with E-state index in [1.54, 1.807) is 29.7 Å². The third kappa shape index (κ3) is 3.08. The van der Waals surface area contributed by atoms with Crippen molar-refractivity contribution in [1.29, 1.82) is 0 Å². The minimum absolute atomic E-state index is 0.203. The first-order chi connectivity index (χ1) is 13.5. The Labute approximate surface area is 166 Å². The van der Waals surface area contributed by atoms with Crippen LogP contribution in [0.25, 0.3) is 21.9 Å². The zero-order valence-electron chi connectivity index (χ0n) is 15.9. The van der Waals surface area contributed by atoms with Crippen molar-refractivity contribution < 1.29 is 9.13 Å². The predicted octanol–water partition coefficient (Wildman–Crippen LogP) is 4.90. The number of hydrogen-bond acceptors (Lipinski definition) is 5. The van der Waals surface area contributed by atoms with Crippen molar-refractivity contribution in [3.05, 3.63) is 52.6 Å². The van der Waals surface area contributed by atoms with Crippen LogP contribution in [0.1, 0.15) is 44.2 Å². The minimum atomic E-state index is -0.261. The van der Waals surface area contributed by atoms with Gasteiger partial charge < -0.3 is 9.30 Å². The number of nitrogens with zero attached hydrogens (tertiary/aromatic N) is 4. The predicted molar refractivity (Wildman–Crippen MR) is 108 cm³/mol. The van der Waals surface area contributed by atoms with Gasteiger partial charge in [0.15, 0.2) is 0 Å². The first kappa shape index (κ1) is 17.7. The molecule has 5 nitrogen and oxygen atoms in total. The van der Waals surface area contributed by atoms with Crippen molar-refractivity contribution in [3.8, 4) is 0 Å². The number of ether oxygens (including phenoxy) is 1. The third-order valence-corrected chi connectivity index (χ3v) is 6.04. The van der Waals surface area contributed by atoms with Gasteiger partial charge in [-0.15, -0.1) is 11.3 Å². The molecule has 1 fully saturated rings. The van der Waals surface area contributed by atoms with Gasteiger partial charge in [0.05, 0.1) is 34.0 Å². The lowest BCUT2D eigenvalue weighted by Gasteiger charge is -2.37. The van der Waals surface area contributed by atoms with Gasteiger partial charge in [-0.25, -0.2) is 14.4 Å². The molecule has 1 aromatic carbocycles. The highest BCUT2D eigenvalue weighted by atomic mass is 32.1. The van der Waals surface area contributed by atoms with Crippen LogP contribution >= 0.6 is 11.3 Å². The maximum Gasteiger partial charge on any atom is 0.124 e. The summed E-state index contributed by atoms with van der Waals surface area (Å²) in [6, 6.07) is 4.99. The SMILES string of the molecule is CC1(C)CC(n2c(Cc3cscn3)nc3cnc4ccc(F)cc4c32)CCO1. The summed E-state index contributed by atoms with van der Waals surface area (Å²) in [6.07, 6.45) is 4.22. The van der Waals surface area contributed by atoms with Crippen LogP contribution in [0.4, 0.5) is 4.39 Å². The van der Waals surface area contributed by atoms with Crippen molar-refractivity contribution in [2.24, 2.45) is 0 Å². The molecule has 3 aromatic heterocycles. The van der Waals surface area contributed by atoms with Crippen LogP contribution < -0.4 is 0 Å². The fourth-order valence-corrected chi connectivity index (χ4v) is 4.78. The molecule has 28 heavy (non-hydrogen) atoms. The van der Waals surface area contributed by atoms with Gasteiger partial charge in [0.2, 0.25) is 0 Å². The van der Waals surface area contributed by atoms with E-state index in [1.807, 2.05) is 10.9 Å². The molecule has 0 saturated carbocycles. The number of halogens is 1. The van der Waals surface area contributed by atoms with Crippen molar-refractivity contribution >= 4 is 33.3 Å². The monoisotopic (exact) mass is 396 g/mol. The Balaban J connectivity index is 1.76. The largest absolute Gasteiger partial charge is 0.375 e. The fraction of sp³-hybridized carbons (Fsp3) is 0.381. The number of benzene rings is 1. The van der Waals surface area contributed by atoms with Gasteiger partial charge >= 0.3 is 0 Å². The maximum absolute atomic E-state index is 14.1. The molecule has 1 aliphatic rings. The number of hydrogen-bond donors (Lipinski definition) is 0. The summed E-state index contributed by atoms with van der Waals surface area (Å²) in [6.45, 7) is 4.94. The molecule has 0 N–H and O–H groups in total. The van der Waals surface area contributed by atoms with Crippen LogP contribution in [0, 0.1) is 5.82 Å². The van der Waals surface area contributed by atoms with Gasteiger partial charge in [-0.05, 0) is 44.9 Å². The summed E-state index contributed by atoms with van der Waals surface area (Å²) in [5.74, 6) is 0.685. The Kier molecular flexibility index (Phi) is 4.17. The highest BCUT2D eigenvalue weighted by Gasteiger charge is 2.32. The van der Waals surface area contributed by atoms with Gasteiger partial charge in [-0.3, -0.25) is 4.98 Å². The highest BCUT2D eigenvalue weighted by Crippen LogP contribution is 2.37. The summed E-state index contributed by atoms with van der Waals surface area (Å²) < 4.78 is 22.3. The summed E-state index contributed by atoms with van der Waals surface area (Å²) in [4.78, 5) is 13.8. The zero-order chi connectivity index (χ0) is 19.3. The first-order valence-corrected chi connectivity index (χ1v) is 10.4. The molecule has 4 aromatic rings. The van der Waals surface area contributed by atoms with Gasteiger partial charge in [-0.2, -0.15) is 0 Å². The van der Waals surface area contributed by atoms with Crippen LogP contribution in [0.5, 0.6) is 0 Å². The molecule has 0 aliphatic carbocycles. The van der Waals surface area contributed by atoms with Crippen molar-refractivity contribution in [2.75, 3.05) is 6.61 Å². The van der Waals surface area contributed by atoms with Crippen LogP contribution in [0.15, 0.2) is 35.3 Å². The van der Waals surface area contributed by atoms with Crippen LogP contribution in [-0.4, -0.2) is 31.7 Å². The van der Waals surface area contributed by atoms with E-state index in [4.69, 9.17) is 9.72 Å². The summed E-state index contributed by atoms with van der Waals surface area (Å²) >= 11 is 1.58. The van der Waals surface area contributed by atoms with E-state index in [0.29, 0.717) is 13.0 Å². The summed E-state index contributed by atoms with van der Waals surface area (Å²) in [5.41, 5.74) is 5.17. The standard InChI is InChI=1S/C21H21FN4OS/c1-21(2)9-15(5-6-27-21)26-19(8-14-11-28-12-24-14)25-18-10-23-17-4-3-13(22)7-16(17)20(18)26/h3-4,7,10-12,15H,5-6,8-9H2,1-2H3. The molecule has 0 spiro atoms. The second kappa shape index (κ2) is 6.60. The molecule has 1 atom stereocenters. The minimum Gasteiger partial charge on any atom is -0.375 e. The number of thiazole rings is 1. The van der Waals surface area contributed by atoms with Crippen molar-refractivity contribution in [1.82, 2.24) is 19.5 Å². The Morgan fingerprint density at radius 1 is 1.29 bits per heavy atom. The Bertz CT molecular complexity index is 1150. The van der Waals surface area contributed by atoms with Gasteiger partial charge in [0, 0.05) is 29.8 Å². The second-order valence-corrected chi connectivity index (χ2v) is 8.68. The molecule has 1 aliphatic heterocycles. The maximum atomic E-state index is 14.1. The number of imidazole rings is 1. The molecule has 1 saturated heterocycles. The molecule has 144 valence electrons. The molecular formula is C21H21FN4OS. The number of aromatic nitrogens is 4. The molecule has 0 bridgehead atoms. The van der Waals surface area contributed by atoms with Crippen LogP contribution in [0.3, 0.4) is 0 Å². The summed E-state index contributed by atoms with van der Waals surface area (Å²) in [5, 5.41) is 2.85. The van der Waals surface area contributed by atoms with Gasteiger partial charge in [0.1, 0.15) is 17.2 Å². The van der Waals surface area contributed by atoms with E-state index >= 15 is 0 Å². The Morgan fingerprint density at radius 3 is 2.96 bits per heavy atom. The molecule has 5 rings (SSSR count). The Hall–Kier alpha value is -2.38. The average molecular weight is 396 g/mol. The lowest BCUT2D eigenvalue weighted by molar-refractivity contribution is -0.0688. The van der Waals surface area contributed by atoms with E-state index < -0.39 is 0 Å². The van der Waals surface area contributed by atoms with E-state index in [1.165, 1.54) is 6.07 Å². The molecule has 7 heteroatoms. The number of rotatable bonds is 3. The Morgan fingerprint density at radius 2 is 2.18 bits per heavy atom. The van der Waals surface area contributed by atoms with Crippen LogP contribution in [0.2, 0.25) is 0 Å². The van der Waals surface area contributed by atoms with Gasteiger partial charge in [-0.1, -0.05) is 0 Å². The zero-order valence-corrected chi connectivity index (χ0v) is 16.7. The van der Waals surface area contributed by atoms with E-state index in [0.717, 1.165) is 46.3 Å². The van der Waals surface area contributed by atoms with Gasteiger partial charge in [0.25, 0.3) is 0 Å². The fourth-order valence-electron chi connectivity index (χ4n) is 4.22. The number of fused-ring (bicyclic) bond motifs is 3. The number of pyridine rings is 1. The lowest BCUT2D eigenvalue weighted by Crippen LogP contribution is -2.35. The highest BCUT2D eigenvalue weighted by molar-refractivity contribution is 7.07. The lowest BCUT2D eigenvalue weighted by atomic mass is 9.93. The molecule has 0 radical (unpaired) electrons. The molecule has 4 heterocycles. The quantitative estimate of drug-likeness (QED) is 0.494. The molecular weight excluding hydrogens is 375 g/mol. The van der Waals surface area contributed by atoms with E-state index in [2.05, 4.69) is 28.4 Å². The smallest absolute Gasteiger partial charge is 0.124 e. The van der Waals surface area contributed by atoms with E-state index in [9.17, 15) is 4.39 Å². The van der Waals surface area contributed by atoms with Crippen molar-refractivity contribution in [2.45, 2.75) is 44.8 Å². The third-order valence-electron chi connectivity index (χ3n) is 5.41. The topological polar surface area (TPSA) is 52.8 Å². The first-order valence-electron chi connectivity index (χ1n) is 9.46. The summed E-state index contributed by atoms with van der Waals surface area (Å²) in [7, 11) is 0. The van der Waals surface area contributed by atoms with Crippen molar-refractivity contribution in [3.63, 3.8) is 0 Å². The van der Waals surface area contributed by atoms with E-state index in [-0.39, 0.29) is 17.5 Å². The molecule has 1 unspecified atom stereocenters. The average Bonchev–Trinajstić information content (AvgIpc) is 3.28. The normalized spacial score (nSPS) is 19.5.